The average molecular weight is 221 g/mol. The van der Waals surface area contributed by atoms with E-state index < -0.39 is 0 Å². The van der Waals surface area contributed by atoms with Crippen LogP contribution in [-0.4, -0.2) is 5.71 Å². The van der Waals surface area contributed by atoms with Crippen LogP contribution < -0.4 is 5.14 Å². The summed E-state index contributed by atoms with van der Waals surface area (Å²) in [6, 6.07) is 0. The van der Waals surface area contributed by atoms with Crippen LogP contribution in [0.25, 0.3) is 0 Å². The molecular formula is C6H9BrN2S. The van der Waals surface area contributed by atoms with Crippen molar-refractivity contribution in [3.8, 4) is 0 Å². The van der Waals surface area contributed by atoms with Gasteiger partial charge < -0.3 is 0 Å². The smallest absolute Gasteiger partial charge is 0.0558 e. The maximum atomic E-state index is 5.11. The summed E-state index contributed by atoms with van der Waals surface area (Å²) in [5.74, 6) is 0. The van der Waals surface area contributed by atoms with Crippen molar-refractivity contribution in [1.82, 2.24) is 0 Å². The van der Waals surface area contributed by atoms with Crippen LogP contribution in [0.5, 0.6) is 0 Å². The van der Waals surface area contributed by atoms with Gasteiger partial charge in [-0.2, -0.15) is 0 Å². The lowest BCUT2D eigenvalue weighted by Gasteiger charge is -1.99. The molecule has 0 aromatic heterocycles. The molecule has 10 heavy (non-hydrogen) atoms. The lowest BCUT2D eigenvalue weighted by atomic mass is 10.2. The van der Waals surface area contributed by atoms with Crippen molar-refractivity contribution in [1.29, 1.82) is 0 Å². The minimum atomic E-state index is 0.739. The third-order valence-electron chi connectivity index (χ3n) is 0.954. The van der Waals surface area contributed by atoms with Gasteiger partial charge in [0.2, 0.25) is 0 Å². The van der Waals surface area contributed by atoms with Crippen LogP contribution in [0.3, 0.4) is 0 Å². The normalized spacial score (nSPS) is 11.3. The molecule has 0 aromatic carbocycles. The standard InChI is InChI=1S/C6H9BrN2S/c1-4(5(2)7)6(3)9-10-8/h1-2,8H2,3H3/b9-6-. The van der Waals surface area contributed by atoms with Gasteiger partial charge >= 0.3 is 0 Å². The molecule has 0 rings (SSSR count). The third-order valence-corrected chi connectivity index (χ3v) is 1.81. The highest BCUT2D eigenvalue weighted by Gasteiger charge is 1.98. The lowest BCUT2D eigenvalue weighted by molar-refractivity contribution is 1.68. The molecule has 0 unspecified atom stereocenters. The van der Waals surface area contributed by atoms with E-state index >= 15 is 0 Å². The quantitative estimate of drug-likeness (QED) is 0.451. The molecule has 0 aromatic rings. The van der Waals surface area contributed by atoms with E-state index in [0.717, 1.165) is 27.9 Å². The molecule has 2 N–H and O–H groups in total. The molecule has 0 radical (unpaired) electrons. The van der Waals surface area contributed by atoms with Gasteiger partial charge in [-0.3, -0.25) is 5.14 Å². The van der Waals surface area contributed by atoms with Crippen LogP contribution in [0.4, 0.5) is 0 Å². The molecule has 0 aliphatic heterocycles. The van der Waals surface area contributed by atoms with Gasteiger partial charge in [0.1, 0.15) is 0 Å². The Labute approximate surface area is 73.7 Å². The molecule has 0 saturated carbocycles. The molecule has 56 valence electrons. The highest BCUT2D eigenvalue weighted by Crippen LogP contribution is 2.14. The Kier molecular flexibility index (Phi) is 4.68. The van der Waals surface area contributed by atoms with E-state index in [2.05, 4.69) is 33.5 Å². The number of nitrogens with two attached hydrogens (primary N) is 1. The summed E-state index contributed by atoms with van der Waals surface area (Å²) in [6.07, 6.45) is 0. The summed E-state index contributed by atoms with van der Waals surface area (Å²) in [5, 5.41) is 5.11. The van der Waals surface area contributed by atoms with Gasteiger partial charge in [-0.25, -0.2) is 4.40 Å². The first-order valence-corrected chi connectivity index (χ1v) is 4.17. The van der Waals surface area contributed by atoms with Crippen molar-refractivity contribution in [2.45, 2.75) is 6.92 Å². The molecule has 0 heterocycles. The van der Waals surface area contributed by atoms with Gasteiger partial charge in [0.15, 0.2) is 0 Å². The van der Waals surface area contributed by atoms with Crippen molar-refractivity contribution < 1.29 is 0 Å². The van der Waals surface area contributed by atoms with Crippen LogP contribution in [0.2, 0.25) is 0 Å². The van der Waals surface area contributed by atoms with Crippen LogP contribution in [0.1, 0.15) is 6.92 Å². The van der Waals surface area contributed by atoms with Gasteiger partial charge in [0, 0.05) is 10.1 Å². The van der Waals surface area contributed by atoms with Gasteiger partial charge in [0.05, 0.1) is 17.8 Å². The lowest BCUT2D eigenvalue weighted by Crippen LogP contribution is -1.94. The van der Waals surface area contributed by atoms with E-state index in [1.807, 2.05) is 6.92 Å². The van der Waals surface area contributed by atoms with Crippen molar-refractivity contribution in [3.05, 3.63) is 23.2 Å². The molecule has 0 aliphatic carbocycles. The van der Waals surface area contributed by atoms with E-state index in [1.54, 1.807) is 0 Å². The van der Waals surface area contributed by atoms with Crippen LogP contribution in [0.15, 0.2) is 27.6 Å². The average Bonchev–Trinajstić information content (AvgIpc) is 1.87. The molecule has 0 spiro atoms. The summed E-state index contributed by atoms with van der Waals surface area (Å²) in [5.41, 5.74) is 1.56. The fourth-order valence-corrected chi connectivity index (χ4v) is 0.886. The highest BCUT2D eigenvalue weighted by molar-refractivity contribution is 9.12. The molecule has 0 aliphatic rings. The van der Waals surface area contributed by atoms with E-state index in [1.165, 1.54) is 0 Å². The number of allylic oxidation sites excluding steroid dienone is 2. The molecule has 0 bridgehead atoms. The van der Waals surface area contributed by atoms with Crippen molar-refractivity contribution in [2.24, 2.45) is 9.54 Å². The van der Waals surface area contributed by atoms with Gasteiger partial charge in [-0.1, -0.05) is 29.1 Å². The molecule has 0 amide bonds. The Balaban J connectivity index is 4.22. The molecule has 0 saturated heterocycles. The van der Waals surface area contributed by atoms with Crippen molar-refractivity contribution in [3.63, 3.8) is 0 Å². The van der Waals surface area contributed by atoms with Gasteiger partial charge in [0.25, 0.3) is 0 Å². The minimum absolute atomic E-state index is 0.739. The highest BCUT2D eigenvalue weighted by atomic mass is 79.9. The maximum Gasteiger partial charge on any atom is 0.0558 e. The fourth-order valence-electron chi connectivity index (χ4n) is 0.330. The maximum absolute atomic E-state index is 5.11. The van der Waals surface area contributed by atoms with Crippen molar-refractivity contribution >= 4 is 33.8 Å². The predicted octanol–water partition coefficient (Wildman–Crippen LogP) is 2.43. The summed E-state index contributed by atoms with van der Waals surface area (Å²) < 4.78 is 4.61. The summed E-state index contributed by atoms with van der Waals surface area (Å²) in [4.78, 5) is 0. The first-order valence-electron chi connectivity index (χ1n) is 2.54. The van der Waals surface area contributed by atoms with Crippen LogP contribution in [-0.2, 0) is 0 Å². The SMILES string of the molecule is C=C(Br)C(=C)/C(C)=N\SN. The zero-order valence-electron chi connectivity index (χ0n) is 5.72. The summed E-state index contributed by atoms with van der Waals surface area (Å²) in [6.45, 7) is 9.20. The molecule has 0 fully saturated rings. The number of hydrogen-bond acceptors (Lipinski definition) is 3. The molecule has 0 atom stereocenters. The van der Waals surface area contributed by atoms with E-state index in [-0.39, 0.29) is 0 Å². The van der Waals surface area contributed by atoms with Gasteiger partial charge in [-0.05, 0) is 6.92 Å². The minimum Gasteiger partial charge on any atom is -0.258 e. The van der Waals surface area contributed by atoms with Crippen molar-refractivity contribution in [2.75, 3.05) is 0 Å². The topological polar surface area (TPSA) is 38.4 Å². The Morgan fingerprint density at radius 3 is 2.40 bits per heavy atom. The Morgan fingerprint density at radius 1 is 1.60 bits per heavy atom. The molecular weight excluding hydrogens is 212 g/mol. The zero-order valence-corrected chi connectivity index (χ0v) is 8.13. The van der Waals surface area contributed by atoms with E-state index in [0.29, 0.717) is 0 Å². The largest absolute Gasteiger partial charge is 0.258 e. The second-order valence-electron chi connectivity index (χ2n) is 1.67. The Morgan fingerprint density at radius 2 is 2.10 bits per heavy atom. The predicted molar refractivity (Wildman–Crippen MR) is 52.1 cm³/mol. The van der Waals surface area contributed by atoms with Gasteiger partial charge in [-0.15, -0.1) is 0 Å². The van der Waals surface area contributed by atoms with E-state index in [9.17, 15) is 0 Å². The number of rotatable bonds is 3. The number of hydrogen-bond donors (Lipinski definition) is 1. The Hall–Kier alpha value is -0.0600. The zero-order chi connectivity index (χ0) is 8.15. The second kappa shape index (κ2) is 4.71. The third kappa shape index (κ3) is 3.20. The fraction of sp³-hybridized carbons (Fsp3) is 0.167. The molecule has 4 heteroatoms. The number of nitrogens with zero attached hydrogens (tertiary/aromatic N) is 1. The second-order valence-corrected chi connectivity index (χ2v) is 3.02. The van der Waals surface area contributed by atoms with Crippen LogP contribution in [0, 0.1) is 0 Å². The Bertz CT molecular complexity index is 186. The van der Waals surface area contributed by atoms with Crippen LogP contribution >= 0.6 is 28.1 Å². The monoisotopic (exact) mass is 220 g/mol. The van der Waals surface area contributed by atoms with E-state index in [4.69, 9.17) is 5.14 Å². The summed E-state index contributed by atoms with van der Waals surface area (Å²) >= 11 is 4.11. The first kappa shape index (κ1) is 9.94. The summed E-state index contributed by atoms with van der Waals surface area (Å²) in [7, 11) is 0. The first-order chi connectivity index (χ1) is 4.59. The molecule has 2 nitrogen and oxygen atoms in total. The number of halogens is 1.